The largest absolute Gasteiger partial charge is 0.339 e. The van der Waals surface area contributed by atoms with Gasteiger partial charge in [0, 0.05) is 39.8 Å². The van der Waals surface area contributed by atoms with Crippen LogP contribution in [0, 0.1) is 6.92 Å². The predicted molar refractivity (Wildman–Crippen MR) is 120 cm³/mol. The fourth-order valence-electron chi connectivity index (χ4n) is 3.85. The predicted octanol–water partition coefficient (Wildman–Crippen LogP) is 2.35. The Labute approximate surface area is 182 Å². The average Bonchev–Trinajstić information content (AvgIpc) is 2.78. The summed E-state index contributed by atoms with van der Waals surface area (Å²) in [4.78, 5) is 39.8. The van der Waals surface area contributed by atoms with E-state index in [0.717, 1.165) is 25.2 Å². The van der Waals surface area contributed by atoms with E-state index < -0.39 is 0 Å². The Kier molecular flexibility index (Phi) is 6.23. The van der Waals surface area contributed by atoms with Crippen LogP contribution < -0.4 is 0 Å². The second-order valence-electron chi connectivity index (χ2n) is 8.05. The van der Waals surface area contributed by atoms with Gasteiger partial charge in [0.15, 0.2) is 0 Å². The molecular weight excluding hydrogens is 390 g/mol. The number of aryl methyl sites for hydroxylation is 1. The van der Waals surface area contributed by atoms with Gasteiger partial charge in [-0.1, -0.05) is 42.0 Å². The van der Waals surface area contributed by atoms with Crippen LogP contribution in [0.3, 0.4) is 0 Å². The molecular formula is C24H27N5O2. The zero-order valence-electron chi connectivity index (χ0n) is 18.0. The highest BCUT2D eigenvalue weighted by molar-refractivity contribution is 5.95. The summed E-state index contributed by atoms with van der Waals surface area (Å²) in [5, 5.41) is 0. The highest BCUT2D eigenvalue weighted by Crippen LogP contribution is 2.12. The molecule has 1 saturated heterocycles. The molecule has 2 heterocycles. The van der Waals surface area contributed by atoms with E-state index >= 15 is 0 Å². The van der Waals surface area contributed by atoms with Crippen LogP contribution in [0.1, 0.15) is 21.6 Å². The lowest BCUT2D eigenvalue weighted by atomic mass is 10.1. The number of nitrogens with zero attached hydrogens (tertiary/aromatic N) is 5. The maximum absolute atomic E-state index is 12.7. The molecule has 0 atom stereocenters. The number of rotatable bonds is 5. The quantitative estimate of drug-likeness (QED) is 0.637. The molecule has 7 nitrogen and oxygen atoms in total. The molecule has 2 amide bonds. The summed E-state index contributed by atoms with van der Waals surface area (Å²) in [7, 11) is 1.63. The van der Waals surface area contributed by atoms with Crippen molar-refractivity contribution in [1.82, 2.24) is 24.7 Å². The number of carbonyl (C=O) groups is 2. The van der Waals surface area contributed by atoms with Crippen molar-refractivity contribution in [1.29, 1.82) is 0 Å². The maximum atomic E-state index is 12.7. The van der Waals surface area contributed by atoms with Gasteiger partial charge in [-0.15, -0.1) is 0 Å². The number of carbonyl (C=O) groups excluding carboxylic acids is 2. The first-order chi connectivity index (χ1) is 15.0. The first kappa shape index (κ1) is 20.9. The number of benzene rings is 2. The summed E-state index contributed by atoms with van der Waals surface area (Å²) in [5.41, 5.74) is 4.20. The third kappa shape index (κ3) is 5.06. The number of aromatic nitrogens is 2. The van der Waals surface area contributed by atoms with Crippen molar-refractivity contribution in [3.63, 3.8) is 0 Å². The summed E-state index contributed by atoms with van der Waals surface area (Å²) in [5.74, 6) is -0.343. The van der Waals surface area contributed by atoms with Gasteiger partial charge in [0.25, 0.3) is 5.91 Å². The Bertz CT molecular complexity index is 1090. The lowest BCUT2D eigenvalue weighted by Crippen LogP contribution is -2.51. The number of hydrogen-bond acceptors (Lipinski definition) is 5. The van der Waals surface area contributed by atoms with Gasteiger partial charge in [0.05, 0.1) is 23.8 Å². The minimum absolute atomic E-state index is 0.0330. The van der Waals surface area contributed by atoms with Crippen LogP contribution in [0.2, 0.25) is 0 Å². The molecule has 160 valence electrons. The topological polar surface area (TPSA) is 69.6 Å². The molecule has 2 aromatic carbocycles. The van der Waals surface area contributed by atoms with Crippen molar-refractivity contribution in [3.8, 4) is 0 Å². The normalized spacial score (nSPS) is 14.6. The van der Waals surface area contributed by atoms with Gasteiger partial charge in [0.1, 0.15) is 5.69 Å². The molecule has 1 aliphatic rings. The molecule has 0 radical (unpaired) electrons. The third-order valence-corrected chi connectivity index (χ3v) is 5.60. The number of hydrogen-bond donors (Lipinski definition) is 0. The summed E-state index contributed by atoms with van der Waals surface area (Å²) >= 11 is 0. The molecule has 0 saturated carbocycles. The van der Waals surface area contributed by atoms with Crippen molar-refractivity contribution < 1.29 is 9.59 Å². The van der Waals surface area contributed by atoms with Gasteiger partial charge in [-0.3, -0.25) is 19.5 Å². The van der Waals surface area contributed by atoms with Crippen molar-refractivity contribution >= 4 is 22.8 Å². The molecule has 31 heavy (non-hydrogen) atoms. The fraction of sp³-hybridized carbons (Fsp3) is 0.333. The SMILES string of the molecule is Cc1cccc(CN2CCN(C(=O)CN(C)C(=O)c3cnc4ccccc4n3)CC2)c1. The molecule has 0 aliphatic carbocycles. The Balaban J connectivity index is 1.30. The van der Waals surface area contributed by atoms with E-state index in [1.165, 1.54) is 22.2 Å². The molecule has 1 fully saturated rings. The molecule has 3 aromatic rings. The van der Waals surface area contributed by atoms with Crippen LogP contribution in [0.5, 0.6) is 0 Å². The van der Waals surface area contributed by atoms with Crippen LogP contribution in [-0.4, -0.2) is 76.3 Å². The highest BCUT2D eigenvalue weighted by atomic mass is 16.2. The second kappa shape index (κ2) is 9.22. The van der Waals surface area contributed by atoms with E-state index in [9.17, 15) is 9.59 Å². The van der Waals surface area contributed by atoms with Gasteiger partial charge < -0.3 is 9.80 Å². The molecule has 4 rings (SSSR count). The average molecular weight is 418 g/mol. The fourth-order valence-corrected chi connectivity index (χ4v) is 3.85. The zero-order valence-corrected chi connectivity index (χ0v) is 18.0. The third-order valence-electron chi connectivity index (χ3n) is 5.60. The molecule has 0 spiro atoms. The summed E-state index contributed by atoms with van der Waals surface area (Å²) in [6.45, 7) is 6.02. The number of para-hydroxylation sites is 2. The second-order valence-corrected chi connectivity index (χ2v) is 8.05. The molecule has 0 unspecified atom stereocenters. The van der Waals surface area contributed by atoms with E-state index in [4.69, 9.17) is 0 Å². The van der Waals surface area contributed by atoms with Gasteiger partial charge in [-0.05, 0) is 24.6 Å². The van der Waals surface area contributed by atoms with Crippen LogP contribution in [0.4, 0.5) is 0 Å². The number of likely N-dealkylation sites (N-methyl/N-ethyl adjacent to an activating group) is 1. The maximum Gasteiger partial charge on any atom is 0.274 e. The minimum atomic E-state index is -0.301. The van der Waals surface area contributed by atoms with Crippen LogP contribution >= 0.6 is 0 Å². The van der Waals surface area contributed by atoms with E-state index in [1.54, 1.807) is 7.05 Å². The first-order valence-electron chi connectivity index (χ1n) is 10.5. The lowest BCUT2D eigenvalue weighted by Gasteiger charge is -2.35. The molecule has 0 N–H and O–H groups in total. The van der Waals surface area contributed by atoms with E-state index in [2.05, 4.69) is 46.1 Å². The summed E-state index contributed by atoms with van der Waals surface area (Å²) < 4.78 is 0. The van der Waals surface area contributed by atoms with Crippen LogP contribution in [0.15, 0.2) is 54.7 Å². The summed E-state index contributed by atoms with van der Waals surface area (Å²) in [6, 6.07) is 15.9. The van der Waals surface area contributed by atoms with Crippen molar-refractivity contribution in [2.75, 3.05) is 39.8 Å². The monoisotopic (exact) mass is 417 g/mol. The van der Waals surface area contributed by atoms with E-state index in [0.29, 0.717) is 18.6 Å². The summed E-state index contributed by atoms with van der Waals surface area (Å²) in [6.07, 6.45) is 1.47. The number of piperazine rings is 1. The van der Waals surface area contributed by atoms with Gasteiger partial charge in [-0.25, -0.2) is 4.98 Å². The molecule has 1 aliphatic heterocycles. The van der Waals surface area contributed by atoms with Crippen molar-refractivity contribution in [3.05, 3.63) is 71.5 Å². The van der Waals surface area contributed by atoms with Gasteiger partial charge in [-0.2, -0.15) is 0 Å². The Hall–Kier alpha value is -3.32. The standard InChI is InChI=1S/C24H27N5O2/c1-18-6-5-7-19(14-18)16-28-10-12-29(13-11-28)23(30)17-27(2)24(31)22-15-25-20-8-3-4-9-21(20)26-22/h3-9,14-15H,10-13,16-17H2,1-2H3. The highest BCUT2D eigenvalue weighted by Gasteiger charge is 2.24. The van der Waals surface area contributed by atoms with E-state index in [-0.39, 0.29) is 24.1 Å². The van der Waals surface area contributed by atoms with Gasteiger partial charge in [0.2, 0.25) is 5.91 Å². The Morgan fingerprint density at radius 1 is 1.00 bits per heavy atom. The minimum Gasteiger partial charge on any atom is -0.339 e. The number of fused-ring (bicyclic) bond motifs is 1. The Morgan fingerprint density at radius 3 is 2.48 bits per heavy atom. The molecule has 0 bridgehead atoms. The lowest BCUT2D eigenvalue weighted by molar-refractivity contribution is -0.133. The molecule has 1 aromatic heterocycles. The van der Waals surface area contributed by atoms with Crippen LogP contribution in [0.25, 0.3) is 11.0 Å². The van der Waals surface area contributed by atoms with Crippen molar-refractivity contribution in [2.24, 2.45) is 0 Å². The number of amides is 2. The van der Waals surface area contributed by atoms with E-state index in [1.807, 2.05) is 29.2 Å². The first-order valence-corrected chi connectivity index (χ1v) is 10.5. The van der Waals surface area contributed by atoms with Crippen molar-refractivity contribution in [2.45, 2.75) is 13.5 Å². The van der Waals surface area contributed by atoms with Crippen LogP contribution in [-0.2, 0) is 11.3 Å². The zero-order chi connectivity index (χ0) is 21.8. The molecule has 7 heteroatoms. The Morgan fingerprint density at radius 2 is 1.74 bits per heavy atom. The smallest absolute Gasteiger partial charge is 0.274 e. The van der Waals surface area contributed by atoms with Gasteiger partial charge >= 0.3 is 0 Å².